The van der Waals surface area contributed by atoms with Crippen LogP contribution in [0.4, 0.5) is 23.2 Å². The van der Waals surface area contributed by atoms with Gasteiger partial charge < -0.3 is 10.6 Å². The molecule has 4 rings (SSSR count). The van der Waals surface area contributed by atoms with Crippen molar-refractivity contribution in [1.29, 1.82) is 5.26 Å². The molecule has 0 aliphatic carbocycles. The van der Waals surface area contributed by atoms with Gasteiger partial charge in [0.25, 0.3) is 17.6 Å². The zero-order chi connectivity index (χ0) is 28.3. The zero-order valence-electron chi connectivity index (χ0n) is 20.3. The van der Waals surface area contributed by atoms with E-state index >= 15 is 0 Å². The molecule has 0 bridgehead atoms. The maximum absolute atomic E-state index is 14.6. The molecule has 0 saturated carbocycles. The lowest BCUT2D eigenvalue weighted by molar-refractivity contribution is -0.147. The quantitative estimate of drug-likeness (QED) is 0.338. The van der Waals surface area contributed by atoms with E-state index in [2.05, 4.69) is 36.2 Å². The second kappa shape index (κ2) is 10.7. The Balaban J connectivity index is 1.79. The number of carbonyl (C=O) groups excluding carboxylic acids is 2. The summed E-state index contributed by atoms with van der Waals surface area (Å²) in [5, 5.41) is 27.9. The number of tetrazole rings is 1. The first kappa shape index (κ1) is 26.9. The number of aromatic nitrogens is 7. The number of pyridine rings is 1. The Morgan fingerprint density at radius 1 is 1.18 bits per heavy atom. The van der Waals surface area contributed by atoms with Crippen LogP contribution >= 0.6 is 0 Å². The summed E-state index contributed by atoms with van der Waals surface area (Å²) in [7, 11) is 0. The Morgan fingerprint density at radius 2 is 1.95 bits per heavy atom. The number of hydrogen-bond acceptors (Lipinski definition) is 8. The Kier molecular flexibility index (Phi) is 7.33. The first-order chi connectivity index (χ1) is 18.5. The van der Waals surface area contributed by atoms with Crippen LogP contribution in [0.5, 0.6) is 0 Å². The molecule has 16 heteroatoms. The number of aryl methyl sites for hydroxylation is 1. The van der Waals surface area contributed by atoms with Crippen LogP contribution in [-0.2, 0) is 12.7 Å². The second-order valence-corrected chi connectivity index (χ2v) is 8.04. The Labute approximate surface area is 217 Å². The predicted molar refractivity (Wildman–Crippen MR) is 125 cm³/mol. The molecule has 2 amide bonds. The minimum absolute atomic E-state index is 0.000523. The topological polar surface area (TPSA) is 156 Å². The molecule has 39 heavy (non-hydrogen) atoms. The molecule has 0 atom stereocenters. The molecule has 2 N–H and O–H groups in total. The van der Waals surface area contributed by atoms with E-state index in [1.807, 2.05) is 6.07 Å². The van der Waals surface area contributed by atoms with Crippen molar-refractivity contribution in [1.82, 2.24) is 40.3 Å². The summed E-state index contributed by atoms with van der Waals surface area (Å²) >= 11 is 0. The number of nitriles is 1. The first-order valence-electron chi connectivity index (χ1n) is 11.2. The number of halogens is 4. The number of rotatable bonds is 7. The van der Waals surface area contributed by atoms with Gasteiger partial charge in [0.2, 0.25) is 0 Å². The maximum Gasteiger partial charge on any atom is 0.453 e. The highest BCUT2D eigenvalue weighted by Gasteiger charge is 2.38. The van der Waals surface area contributed by atoms with Crippen molar-refractivity contribution in [2.75, 3.05) is 11.9 Å². The fourth-order valence-electron chi connectivity index (χ4n) is 3.66. The van der Waals surface area contributed by atoms with E-state index in [0.717, 1.165) is 16.8 Å². The number of amides is 2. The fraction of sp³-hybridized carbons (Fsp3) is 0.217. The van der Waals surface area contributed by atoms with Crippen molar-refractivity contribution < 1.29 is 27.2 Å². The molecule has 0 aliphatic rings. The molecule has 12 nitrogen and oxygen atoms in total. The van der Waals surface area contributed by atoms with E-state index in [-0.39, 0.29) is 34.7 Å². The molecule has 3 aromatic heterocycles. The monoisotopic (exact) mass is 542 g/mol. The fourth-order valence-corrected chi connectivity index (χ4v) is 3.66. The van der Waals surface area contributed by atoms with E-state index in [1.165, 1.54) is 24.4 Å². The summed E-state index contributed by atoms with van der Waals surface area (Å²) in [6.07, 6.45) is -3.62. The van der Waals surface area contributed by atoms with Gasteiger partial charge in [-0.05, 0) is 60.2 Å². The Hall–Kier alpha value is -5.20. The van der Waals surface area contributed by atoms with Crippen LogP contribution in [0.15, 0.2) is 36.5 Å². The van der Waals surface area contributed by atoms with E-state index in [0.29, 0.717) is 10.2 Å². The largest absolute Gasteiger partial charge is 0.453 e. The van der Waals surface area contributed by atoms with Crippen LogP contribution in [0.3, 0.4) is 0 Å². The van der Waals surface area contributed by atoms with Gasteiger partial charge in [0.05, 0.1) is 35.1 Å². The highest BCUT2D eigenvalue weighted by molar-refractivity contribution is 6.09. The lowest BCUT2D eigenvalue weighted by Crippen LogP contribution is -2.26. The third kappa shape index (κ3) is 5.56. The second-order valence-electron chi connectivity index (χ2n) is 8.04. The summed E-state index contributed by atoms with van der Waals surface area (Å²) in [5.74, 6) is -4.10. The van der Waals surface area contributed by atoms with E-state index < -0.39 is 42.0 Å². The van der Waals surface area contributed by atoms with Crippen LogP contribution in [0.1, 0.15) is 50.4 Å². The van der Waals surface area contributed by atoms with Gasteiger partial charge in [0.1, 0.15) is 5.69 Å². The molecule has 0 aliphatic heterocycles. The smallest absolute Gasteiger partial charge is 0.352 e. The maximum atomic E-state index is 14.6. The number of nitrogens with zero attached hydrogens (tertiary/aromatic N) is 8. The molecule has 3 heterocycles. The SMILES string of the molecule is CCNC(=O)c1cc(C#N)cc(C)c1NC(=O)c1cc(Cn2nnnc2C(F)(F)F)nn1-c1ncccc1F. The van der Waals surface area contributed by atoms with Crippen LogP contribution in [0.25, 0.3) is 5.82 Å². The van der Waals surface area contributed by atoms with Crippen molar-refractivity contribution >= 4 is 17.5 Å². The van der Waals surface area contributed by atoms with Gasteiger partial charge in [-0.15, -0.1) is 5.10 Å². The molecule has 0 fully saturated rings. The van der Waals surface area contributed by atoms with Crippen molar-refractivity contribution in [2.45, 2.75) is 26.6 Å². The van der Waals surface area contributed by atoms with Crippen molar-refractivity contribution in [3.8, 4) is 11.9 Å². The number of benzene rings is 1. The standard InChI is InChI=1S/C23H18F4N10O2/c1-3-29-20(38)15-8-13(10-28)7-12(2)18(15)31-21(39)17-9-14(11-36-22(23(25,26)27)32-34-35-36)33-37(17)19-16(24)5-4-6-30-19/h4-9H,3,11H2,1-2H3,(H,29,38)(H,31,39). The lowest BCUT2D eigenvalue weighted by Gasteiger charge is -2.15. The summed E-state index contributed by atoms with van der Waals surface area (Å²) < 4.78 is 55.6. The molecule has 0 spiro atoms. The molecule has 4 aromatic rings. The molecule has 0 unspecified atom stereocenters. The van der Waals surface area contributed by atoms with Gasteiger partial charge in [0.15, 0.2) is 11.6 Å². The third-order valence-corrected chi connectivity index (χ3v) is 5.31. The molecule has 0 saturated heterocycles. The normalized spacial score (nSPS) is 11.2. The van der Waals surface area contributed by atoms with Crippen molar-refractivity contribution in [3.63, 3.8) is 0 Å². The highest BCUT2D eigenvalue weighted by atomic mass is 19.4. The number of alkyl halides is 3. The van der Waals surface area contributed by atoms with Crippen molar-refractivity contribution in [3.05, 3.63) is 76.2 Å². The molecular weight excluding hydrogens is 524 g/mol. The zero-order valence-corrected chi connectivity index (χ0v) is 20.3. The first-order valence-corrected chi connectivity index (χ1v) is 11.2. The van der Waals surface area contributed by atoms with Crippen LogP contribution < -0.4 is 10.6 Å². The van der Waals surface area contributed by atoms with E-state index in [1.54, 1.807) is 13.8 Å². The molecule has 200 valence electrons. The minimum atomic E-state index is -4.86. The third-order valence-electron chi connectivity index (χ3n) is 5.31. The highest BCUT2D eigenvalue weighted by Crippen LogP contribution is 2.28. The lowest BCUT2D eigenvalue weighted by atomic mass is 10.0. The summed E-state index contributed by atoms with van der Waals surface area (Å²) in [5.41, 5.74) is 0.193. The Morgan fingerprint density at radius 3 is 2.62 bits per heavy atom. The summed E-state index contributed by atoms with van der Waals surface area (Å²) in [4.78, 5) is 30.0. The van der Waals surface area contributed by atoms with Gasteiger partial charge >= 0.3 is 6.18 Å². The van der Waals surface area contributed by atoms with Gasteiger partial charge in [-0.1, -0.05) is 0 Å². The number of anilines is 1. The van der Waals surface area contributed by atoms with Crippen molar-refractivity contribution in [2.24, 2.45) is 0 Å². The average Bonchev–Trinajstić information content (AvgIpc) is 3.53. The summed E-state index contributed by atoms with van der Waals surface area (Å²) in [6.45, 7) is 2.92. The van der Waals surface area contributed by atoms with Crippen LogP contribution in [0.2, 0.25) is 0 Å². The number of carbonyl (C=O) groups is 2. The van der Waals surface area contributed by atoms with E-state index in [9.17, 15) is 32.4 Å². The van der Waals surface area contributed by atoms with Gasteiger partial charge in [-0.25, -0.2) is 18.7 Å². The number of hydrogen-bond donors (Lipinski definition) is 2. The van der Waals surface area contributed by atoms with Gasteiger partial charge in [-0.2, -0.15) is 23.5 Å². The van der Waals surface area contributed by atoms with E-state index in [4.69, 9.17) is 0 Å². The Bertz CT molecular complexity index is 1600. The molecule has 0 radical (unpaired) electrons. The van der Waals surface area contributed by atoms with Crippen LogP contribution in [0, 0.1) is 24.1 Å². The average molecular weight is 542 g/mol. The van der Waals surface area contributed by atoms with Gasteiger partial charge in [0, 0.05) is 12.7 Å². The molecule has 1 aromatic carbocycles. The predicted octanol–water partition coefficient (Wildman–Crippen LogP) is 2.64. The minimum Gasteiger partial charge on any atom is -0.352 e. The van der Waals surface area contributed by atoms with Gasteiger partial charge in [-0.3, -0.25) is 9.59 Å². The molecular formula is C23H18F4N10O2. The number of nitrogens with one attached hydrogen (secondary N) is 2. The van der Waals surface area contributed by atoms with Crippen LogP contribution in [-0.4, -0.2) is 53.3 Å². The summed E-state index contributed by atoms with van der Waals surface area (Å²) in [6, 6.07) is 8.18.